The number of ether oxygens (including phenoxy) is 2. The maximum Gasteiger partial charge on any atom is 0.250 e. The topological polar surface area (TPSA) is 52.5 Å². The van der Waals surface area contributed by atoms with E-state index in [4.69, 9.17) is 9.47 Å². The zero-order chi connectivity index (χ0) is 13.8. The van der Waals surface area contributed by atoms with E-state index in [0.29, 0.717) is 26.3 Å². The highest BCUT2D eigenvalue weighted by atomic mass is 16.6. The van der Waals surface area contributed by atoms with E-state index in [2.05, 4.69) is 5.32 Å². The van der Waals surface area contributed by atoms with Gasteiger partial charge in [0.05, 0.1) is 0 Å². The van der Waals surface area contributed by atoms with Gasteiger partial charge in [-0.25, -0.2) is 0 Å². The molecule has 1 aromatic heterocycles. The van der Waals surface area contributed by atoms with Gasteiger partial charge in [-0.3, -0.25) is 4.79 Å². The monoisotopic (exact) mass is 272 g/mol. The van der Waals surface area contributed by atoms with Crippen molar-refractivity contribution in [3.8, 4) is 11.5 Å². The Morgan fingerprint density at radius 2 is 1.95 bits per heavy atom. The highest BCUT2D eigenvalue weighted by molar-refractivity contribution is 5.55. The van der Waals surface area contributed by atoms with E-state index < -0.39 is 0 Å². The number of nitrogens with zero attached hydrogens (tertiary/aromatic N) is 1. The maximum absolute atomic E-state index is 11.6. The van der Waals surface area contributed by atoms with Gasteiger partial charge in [0.15, 0.2) is 11.5 Å². The second-order valence-electron chi connectivity index (χ2n) is 4.52. The number of aromatic nitrogens is 1. The first-order chi connectivity index (χ1) is 9.83. The summed E-state index contributed by atoms with van der Waals surface area (Å²) < 4.78 is 12.7. The minimum Gasteiger partial charge on any atom is -0.486 e. The first-order valence-corrected chi connectivity index (χ1v) is 6.62. The van der Waals surface area contributed by atoms with E-state index in [1.807, 2.05) is 24.3 Å². The lowest BCUT2D eigenvalue weighted by Gasteiger charge is -2.19. The van der Waals surface area contributed by atoms with Crippen LogP contribution in [0.3, 0.4) is 0 Å². The predicted octanol–water partition coefficient (Wildman–Crippen LogP) is 1.73. The third kappa shape index (κ3) is 2.77. The molecule has 3 rings (SSSR count). The van der Waals surface area contributed by atoms with Crippen LogP contribution >= 0.6 is 0 Å². The van der Waals surface area contributed by atoms with E-state index in [1.165, 1.54) is 0 Å². The molecule has 0 unspecified atom stereocenters. The van der Waals surface area contributed by atoms with Crippen LogP contribution in [0.4, 0.5) is 5.69 Å². The maximum atomic E-state index is 11.6. The zero-order valence-corrected chi connectivity index (χ0v) is 11.0. The standard InChI is InChI=1S/C15H16N2O3/c18-15-3-1-2-7-17(15)8-6-16-12-4-5-13-14(11-12)20-10-9-19-13/h1-5,7,11,16H,6,8-10H2. The minimum atomic E-state index is 0.0106. The van der Waals surface area contributed by atoms with Crippen LogP contribution in [0, 0.1) is 0 Å². The highest BCUT2D eigenvalue weighted by Crippen LogP contribution is 2.32. The van der Waals surface area contributed by atoms with Crippen molar-refractivity contribution in [3.63, 3.8) is 0 Å². The van der Waals surface area contributed by atoms with Gasteiger partial charge in [-0.2, -0.15) is 0 Å². The van der Waals surface area contributed by atoms with Gasteiger partial charge in [0.25, 0.3) is 5.56 Å². The fourth-order valence-electron chi connectivity index (χ4n) is 2.12. The van der Waals surface area contributed by atoms with Crippen LogP contribution in [-0.4, -0.2) is 24.3 Å². The molecule has 2 aromatic rings. The van der Waals surface area contributed by atoms with E-state index in [9.17, 15) is 4.79 Å². The summed E-state index contributed by atoms with van der Waals surface area (Å²) in [5.41, 5.74) is 0.967. The van der Waals surface area contributed by atoms with Crippen molar-refractivity contribution in [1.82, 2.24) is 4.57 Å². The van der Waals surface area contributed by atoms with Crippen LogP contribution in [0.1, 0.15) is 0 Å². The fourth-order valence-corrected chi connectivity index (χ4v) is 2.12. The highest BCUT2D eigenvalue weighted by Gasteiger charge is 2.11. The molecular weight excluding hydrogens is 256 g/mol. The molecule has 2 heterocycles. The molecular formula is C15H16N2O3. The van der Waals surface area contributed by atoms with Gasteiger partial charge in [-0.15, -0.1) is 0 Å². The van der Waals surface area contributed by atoms with Crippen molar-refractivity contribution >= 4 is 5.69 Å². The molecule has 0 radical (unpaired) electrons. The van der Waals surface area contributed by atoms with Gasteiger partial charge in [0.1, 0.15) is 13.2 Å². The van der Waals surface area contributed by atoms with E-state index in [0.717, 1.165) is 17.2 Å². The Labute approximate surface area is 116 Å². The second kappa shape index (κ2) is 5.69. The first kappa shape index (κ1) is 12.6. The summed E-state index contributed by atoms with van der Waals surface area (Å²) in [6, 6.07) is 10.9. The molecule has 0 spiro atoms. The molecule has 0 fully saturated rings. The SMILES string of the molecule is O=c1ccccn1CCNc1ccc2c(c1)OCCO2. The van der Waals surface area contributed by atoms with Gasteiger partial charge < -0.3 is 19.4 Å². The summed E-state index contributed by atoms with van der Waals surface area (Å²) >= 11 is 0. The van der Waals surface area contributed by atoms with E-state index in [-0.39, 0.29) is 5.56 Å². The minimum absolute atomic E-state index is 0.0106. The van der Waals surface area contributed by atoms with Crippen molar-refractivity contribution < 1.29 is 9.47 Å². The van der Waals surface area contributed by atoms with Gasteiger partial charge >= 0.3 is 0 Å². The average Bonchev–Trinajstić information content (AvgIpc) is 2.49. The van der Waals surface area contributed by atoms with Crippen molar-refractivity contribution in [2.24, 2.45) is 0 Å². The smallest absolute Gasteiger partial charge is 0.250 e. The van der Waals surface area contributed by atoms with Crippen LogP contribution in [0.15, 0.2) is 47.4 Å². The van der Waals surface area contributed by atoms with E-state index >= 15 is 0 Å². The van der Waals surface area contributed by atoms with Crippen molar-refractivity contribution in [3.05, 3.63) is 52.9 Å². The Bertz CT molecular complexity index is 652. The molecule has 0 bridgehead atoms. The number of hydrogen-bond donors (Lipinski definition) is 1. The lowest BCUT2D eigenvalue weighted by atomic mass is 10.2. The number of fused-ring (bicyclic) bond motifs is 1. The summed E-state index contributed by atoms with van der Waals surface area (Å²) in [5.74, 6) is 1.54. The first-order valence-electron chi connectivity index (χ1n) is 6.62. The zero-order valence-electron chi connectivity index (χ0n) is 11.0. The number of benzene rings is 1. The van der Waals surface area contributed by atoms with Crippen LogP contribution in [-0.2, 0) is 6.54 Å². The normalized spacial score (nSPS) is 13.0. The molecule has 1 aromatic carbocycles. The molecule has 0 saturated carbocycles. The fraction of sp³-hybridized carbons (Fsp3) is 0.267. The third-order valence-corrected chi connectivity index (χ3v) is 3.12. The lowest BCUT2D eigenvalue weighted by molar-refractivity contribution is 0.171. The van der Waals surface area contributed by atoms with Crippen LogP contribution in [0.2, 0.25) is 0 Å². The molecule has 0 atom stereocenters. The lowest BCUT2D eigenvalue weighted by Crippen LogP contribution is -2.22. The van der Waals surface area contributed by atoms with Crippen LogP contribution in [0.25, 0.3) is 0 Å². The van der Waals surface area contributed by atoms with Crippen molar-refractivity contribution in [2.45, 2.75) is 6.54 Å². The molecule has 104 valence electrons. The Hall–Kier alpha value is -2.43. The van der Waals surface area contributed by atoms with Crippen molar-refractivity contribution in [1.29, 1.82) is 0 Å². The predicted molar refractivity (Wildman–Crippen MR) is 76.6 cm³/mol. The third-order valence-electron chi connectivity index (χ3n) is 3.12. The van der Waals surface area contributed by atoms with Gasteiger partial charge in [-0.1, -0.05) is 6.07 Å². The Morgan fingerprint density at radius 1 is 1.10 bits per heavy atom. The number of anilines is 1. The number of pyridine rings is 1. The molecule has 1 N–H and O–H groups in total. The summed E-state index contributed by atoms with van der Waals surface area (Å²) in [6.45, 7) is 2.46. The van der Waals surface area contributed by atoms with Gasteiger partial charge in [0, 0.05) is 37.1 Å². The Balaban J connectivity index is 1.61. The molecule has 20 heavy (non-hydrogen) atoms. The summed E-state index contributed by atoms with van der Waals surface area (Å²) in [7, 11) is 0. The molecule has 0 saturated heterocycles. The van der Waals surface area contributed by atoms with Gasteiger partial charge in [0.2, 0.25) is 0 Å². The summed E-state index contributed by atoms with van der Waals surface area (Å²) in [4.78, 5) is 11.6. The summed E-state index contributed by atoms with van der Waals surface area (Å²) in [6.07, 6.45) is 1.79. The Kier molecular flexibility index (Phi) is 3.58. The van der Waals surface area contributed by atoms with E-state index in [1.54, 1.807) is 22.9 Å². The van der Waals surface area contributed by atoms with Crippen molar-refractivity contribution in [2.75, 3.05) is 25.1 Å². The molecule has 1 aliphatic heterocycles. The summed E-state index contributed by atoms with van der Waals surface area (Å²) in [5, 5.41) is 3.28. The largest absolute Gasteiger partial charge is 0.486 e. The molecule has 0 amide bonds. The second-order valence-corrected chi connectivity index (χ2v) is 4.52. The molecule has 5 heteroatoms. The molecule has 5 nitrogen and oxygen atoms in total. The average molecular weight is 272 g/mol. The quantitative estimate of drug-likeness (QED) is 0.921. The molecule has 0 aliphatic carbocycles. The Morgan fingerprint density at radius 3 is 2.80 bits per heavy atom. The number of rotatable bonds is 4. The number of nitrogens with one attached hydrogen (secondary N) is 1. The van der Waals surface area contributed by atoms with Gasteiger partial charge in [-0.05, 0) is 18.2 Å². The number of hydrogen-bond acceptors (Lipinski definition) is 4. The van der Waals surface area contributed by atoms with Crippen LogP contribution < -0.4 is 20.3 Å². The van der Waals surface area contributed by atoms with Crippen LogP contribution in [0.5, 0.6) is 11.5 Å². The molecule has 1 aliphatic rings.